The van der Waals surface area contributed by atoms with Gasteiger partial charge in [0.25, 0.3) is 10.0 Å². The number of amidine groups is 1. The number of aromatic amines is 1. The lowest BCUT2D eigenvalue weighted by atomic mass is 9.93. The molecule has 1 rings (SSSR count). The molecule has 1 aromatic heterocycles. The van der Waals surface area contributed by atoms with Gasteiger partial charge in [0.05, 0.1) is 11.7 Å². The Morgan fingerprint density at radius 1 is 1.61 bits per heavy atom. The van der Waals surface area contributed by atoms with Crippen molar-refractivity contribution < 1.29 is 13.6 Å². The summed E-state index contributed by atoms with van der Waals surface area (Å²) in [7, 11) is -3.79. The van der Waals surface area contributed by atoms with Gasteiger partial charge in [0, 0.05) is 0 Å². The Labute approximate surface area is 105 Å². The normalized spacial score (nSPS) is 13.8. The first-order chi connectivity index (χ1) is 8.41. The van der Waals surface area contributed by atoms with Gasteiger partial charge in [-0.2, -0.15) is 9.82 Å². The Bertz CT molecular complexity index is 504. The highest BCUT2D eigenvalue weighted by molar-refractivity contribution is 7.89. The van der Waals surface area contributed by atoms with Gasteiger partial charge in [-0.15, -0.1) is 0 Å². The Morgan fingerprint density at radius 3 is 2.61 bits per heavy atom. The molecule has 1 heterocycles. The molecule has 102 valence electrons. The number of sulfonamides is 1. The highest BCUT2D eigenvalue weighted by atomic mass is 32.2. The van der Waals surface area contributed by atoms with Crippen molar-refractivity contribution in [2.75, 3.05) is 0 Å². The molecule has 0 aromatic carbocycles. The van der Waals surface area contributed by atoms with Crippen molar-refractivity contribution in [1.29, 1.82) is 0 Å². The van der Waals surface area contributed by atoms with Crippen LogP contribution in [0.3, 0.4) is 0 Å². The molecule has 0 aliphatic carbocycles. The Kier molecular flexibility index (Phi) is 4.30. The smallest absolute Gasteiger partial charge is 0.258 e. The van der Waals surface area contributed by atoms with Gasteiger partial charge in [-0.3, -0.25) is 5.10 Å². The largest absolute Gasteiger partial charge is 0.409 e. The molecule has 0 unspecified atom stereocenters. The van der Waals surface area contributed by atoms with Crippen molar-refractivity contribution in [3.8, 4) is 0 Å². The molecule has 0 amide bonds. The van der Waals surface area contributed by atoms with Gasteiger partial charge in [0.2, 0.25) is 0 Å². The monoisotopic (exact) mass is 275 g/mol. The maximum absolute atomic E-state index is 12.1. The zero-order valence-corrected chi connectivity index (χ0v) is 11.0. The molecule has 8 nitrogen and oxygen atoms in total. The first-order valence-electron chi connectivity index (χ1n) is 5.43. The molecule has 0 aliphatic heterocycles. The molecule has 0 aliphatic rings. The van der Waals surface area contributed by atoms with Gasteiger partial charge < -0.3 is 10.9 Å². The van der Waals surface area contributed by atoms with E-state index in [4.69, 9.17) is 10.9 Å². The lowest BCUT2D eigenvalue weighted by Crippen LogP contribution is -2.56. The molecule has 0 saturated heterocycles. The third kappa shape index (κ3) is 2.62. The van der Waals surface area contributed by atoms with Gasteiger partial charge in [-0.25, -0.2) is 8.42 Å². The van der Waals surface area contributed by atoms with Gasteiger partial charge in [-0.05, 0) is 18.9 Å². The van der Waals surface area contributed by atoms with Gasteiger partial charge in [0.1, 0.15) is 0 Å². The number of hydrogen-bond donors (Lipinski definition) is 4. The van der Waals surface area contributed by atoms with E-state index in [2.05, 4.69) is 20.1 Å². The first-order valence-corrected chi connectivity index (χ1v) is 6.91. The van der Waals surface area contributed by atoms with Crippen LogP contribution in [0.2, 0.25) is 0 Å². The third-order valence-electron chi connectivity index (χ3n) is 2.90. The number of nitrogens with zero attached hydrogens (tertiary/aromatic N) is 2. The minimum Gasteiger partial charge on any atom is -0.409 e. The molecule has 0 bridgehead atoms. The Morgan fingerprint density at radius 2 is 2.22 bits per heavy atom. The van der Waals surface area contributed by atoms with E-state index in [0.29, 0.717) is 12.8 Å². The summed E-state index contributed by atoms with van der Waals surface area (Å²) in [5.41, 5.74) is 4.47. The van der Waals surface area contributed by atoms with Crippen LogP contribution < -0.4 is 10.5 Å². The van der Waals surface area contributed by atoms with Gasteiger partial charge in [0.15, 0.2) is 10.9 Å². The molecular weight excluding hydrogens is 258 g/mol. The van der Waals surface area contributed by atoms with Crippen LogP contribution in [-0.4, -0.2) is 35.2 Å². The molecule has 0 atom stereocenters. The van der Waals surface area contributed by atoms with Crippen molar-refractivity contribution in [2.24, 2.45) is 10.9 Å². The molecule has 0 radical (unpaired) electrons. The average molecular weight is 275 g/mol. The second-order valence-electron chi connectivity index (χ2n) is 3.80. The summed E-state index contributed by atoms with van der Waals surface area (Å²) in [5, 5.41) is 17.5. The number of rotatable bonds is 6. The van der Waals surface area contributed by atoms with Crippen molar-refractivity contribution >= 4 is 15.9 Å². The van der Waals surface area contributed by atoms with Crippen molar-refractivity contribution in [3.63, 3.8) is 0 Å². The molecule has 0 saturated carbocycles. The summed E-state index contributed by atoms with van der Waals surface area (Å²) in [5.74, 6) is -0.171. The summed E-state index contributed by atoms with van der Waals surface area (Å²) >= 11 is 0. The van der Waals surface area contributed by atoms with Crippen LogP contribution in [0.5, 0.6) is 0 Å². The van der Waals surface area contributed by atoms with Gasteiger partial charge in [-0.1, -0.05) is 19.0 Å². The van der Waals surface area contributed by atoms with E-state index in [1.807, 2.05) is 0 Å². The topological polar surface area (TPSA) is 133 Å². The number of nitrogens with two attached hydrogens (primary N) is 1. The zero-order valence-electron chi connectivity index (χ0n) is 10.2. The standard InChI is InChI=1S/C9H17N5O3S/c1-3-9(4-2,8(10)13-15)14-18(16,17)7-5-6-11-12-7/h5-6,14-15H,3-4H2,1-2H3,(H2,10,13)(H,11,12). The predicted octanol–water partition coefficient (Wildman–Crippen LogP) is -0.00680. The SMILES string of the molecule is CCC(CC)(NS(=O)(=O)c1ccn[nH]1)C(N)=NO. The molecule has 5 N–H and O–H groups in total. The summed E-state index contributed by atoms with van der Waals surface area (Å²) in [4.78, 5) is 0. The van der Waals surface area contributed by atoms with E-state index in [1.54, 1.807) is 13.8 Å². The van der Waals surface area contributed by atoms with Crippen molar-refractivity contribution in [3.05, 3.63) is 12.3 Å². The first kappa shape index (κ1) is 14.5. The van der Waals surface area contributed by atoms with Crippen LogP contribution >= 0.6 is 0 Å². The van der Waals surface area contributed by atoms with E-state index < -0.39 is 15.6 Å². The minimum atomic E-state index is -3.79. The number of nitrogens with one attached hydrogen (secondary N) is 2. The van der Waals surface area contributed by atoms with Gasteiger partial charge >= 0.3 is 0 Å². The lowest BCUT2D eigenvalue weighted by Gasteiger charge is -2.30. The molecule has 1 aromatic rings. The fourth-order valence-corrected chi connectivity index (χ4v) is 3.04. The highest BCUT2D eigenvalue weighted by Gasteiger charge is 2.36. The van der Waals surface area contributed by atoms with E-state index in [1.165, 1.54) is 12.3 Å². The maximum Gasteiger partial charge on any atom is 0.258 e. The molecule has 9 heteroatoms. The number of oxime groups is 1. The number of hydrogen-bond acceptors (Lipinski definition) is 5. The van der Waals surface area contributed by atoms with Crippen LogP contribution in [0.1, 0.15) is 26.7 Å². The van der Waals surface area contributed by atoms with Crippen LogP contribution in [0.25, 0.3) is 0 Å². The fourth-order valence-electron chi connectivity index (χ4n) is 1.61. The van der Waals surface area contributed by atoms with Crippen LogP contribution in [-0.2, 0) is 10.0 Å². The second kappa shape index (κ2) is 5.36. The highest BCUT2D eigenvalue weighted by Crippen LogP contribution is 2.19. The van der Waals surface area contributed by atoms with E-state index in [9.17, 15) is 8.42 Å². The van der Waals surface area contributed by atoms with Crippen LogP contribution in [0.15, 0.2) is 22.4 Å². The zero-order chi connectivity index (χ0) is 13.8. The predicted molar refractivity (Wildman–Crippen MR) is 65.6 cm³/mol. The van der Waals surface area contributed by atoms with E-state index in [0.717, 1.165) is 0 Å². The lowest BCUT2D eigenvalue weighted by molar-refractivity contribution is 0.307. The molecular formula is C9H17N5O3S. The quantitative estimate of drug-likeness (QED) is 0.251. The maximum atomic E-state index is 12.1. The fraction of sp³-hybridized carbons (Fsp3) is 0.556. The molecule has 0 fully saturated rings. The summed E-state index contributed by atoms with van der Waals surface area (Å²) in [6, 6.07) is 1.32. The average Bonchev–Trinajstić information content (AvgIpc) is 2.89. The second-order valence-corrected chi connectivity index (χ2v) is 5.45. The minimum absolute atomic E-state index is 0.0699. The van der Waals surface area contributed by atoms with Crippen LogP contribution in [0.4, 0.5) is 0 Å². The Hall–Kier alpha value is -1.61. The molecule has 18 heavy (non-hydrogen) atoms. The van der Waals surface area contributed by atoms with E-state index >= 15 is 0 Å². The number of aromatic nitrogens is 2. The Balaban J connectivity index is 3.13. The summed E-state index contributed by atoms with van der Waals surface area (Å²) < 4.78 is 26.6. The number of H-pyrrole nitrogens is 1. The third-order valence-corrected chi connectivity index (χ3v) is 4.37. The van der Waals surface area contributed by atoms with Crippen LogP contribution in [0, 0.1) is 0 Å². The summed E-state index contributed by atoms with van der Waals surface area (Å²) in [6.07, 6.45) is 2.04. The summed E-state index contributed by atoms with van der Waals surface area (Å²) in [6.45, 7) is 3.49. The van der Waals surface area contributed by atoms with Crippen molar-refractivity contribution in [1.82, 2.24) is 14.9 Å². The van der Waals surface area contributed by atoms with Crippen molar-refractivity contribution in [2.45, 2.75) is 37.3 Å². The molecule has 0 spiro atoms. The van der Waals surface area contributed by atoms with E-state index in [-0.39, 0.29) is 10.9 Å².